The lowest BCUT2D eigenvalue weighted by atomic mass is 9.99. The molecule has 3 aromatic rings. The summed E-state index contributed by atoms with van der Waals surface area (Å²) in [5.41, 5.74) is 3.39. The summed E-state index contributed by atoms with van der Waals surface area (Å²) in [7, 11) is 0. The maximum Gasteiger partial charge on any atom is 0.196 e. The minimum absolute atomic E-state index is 0.0585. The Balaban J connectivity index is 2.03. The van der Waals surface area contributed by atoms with E-state index in [0.29, 0.717) is 33.9 Å². The third-order valence-electron chi connectivity index (χ3n) is 5.17. The second kappa shape index (κ2) is 6.46. The van der Waals surface area contributed by atoms with Crippen molar-refractivity contribution >= 4 is 17.0 Å². The highest BCUT2D eigenvalue weighted by Crippen LogP contribution is 2.30. The zero-order chi connectivity index (χ0) is 19.3. The molecule has 0 amide bonds. The molecule has 2 aromatic carbocycles. The van der Waals surface area contributed by atoms with Crippen molar-refractivity contribution < 1.29 is 9.52 Å². The zero-order valence-electron chi connectivity index (χ0n) is 16.0. The number of aliphatic hydroxyl groups excluding tert-OH is 1. The van der Waals surface area contributed by atoms with Crippen molar-refractivity contribution in [1.82, 2.24) is 0 Å². The molecule has 0 bridgehead atoms. The molecule has 2 atom stereocenters. The standard InChI is InChI=1S/C23H23NO3/c1-12-9-18(15(4)25)23-19(10-12)21(26)14(3)22(27-23)17-7-8-20-16(11-17)6-5-13(2)24-20/h6-11,13,15,25H,5H2,1-4H3/t13-,15?/m0/s1. The SMILES string of the molecule is Cc1cc(C(C)O)c2oc(-c3ccc4c(c3)=CC[C@H](C)N=4)c(C)c(=O)c2c1. The summed E-state index contributed by atoms with van der Waals surface area (Å²) in [6, 6.07) is 9.94. The van der Waals surface area contributed by atoms with Gasteiger partial charge in [0.2, 0.25) is 0 Å². The van der Waals surface area contributed by atoms with Crippen LogP contribution >= 0.6 is 0 Å². The minimum atomic E-state index is -0.719. The first kappa shape index (κ1) is 17.7. The number of fused-ring (bicyclic) bond motifs is 2. The number of benzene rings is 2. The number of hydrogen-bond acceptors (Lipinski definition) is 4. The van der Waals surface area contributed by atoms with Gasteiger partial charge in [-0.25, -0.2) is 0 Å². The van der Waals surface area contributed by atoms with E-state index < -0.39 is 6.10 Å². The van der Waals surface area contributed by atoms with Gasteiger partial charge in [-0.3, -0.25) is 9.79 Å². The zero-order valence-corrected chi connectivity index (χ0v) is 16.0. The number of rotatable bonds is 2. The summed E-state index contributed by atoms with van der Waals surface area (Å²) in [4.78, 5) is 17.7. The van der Waals surface area contributed by atoms with E-state index in [1.165, 1.54) is 0 Å². The molecule has 0 fully saturated rings. The molecule has 1 N–H and O–H groups in total. The molecule has 0 saturated heterocycles. The third-order valence-corrected chi connectivity index (χ3v) is 5.17. The van der Waals surface area contributed by atoms with E-state index >= 15 is 0 Å². The molecule has 1 aliphatic rings. The van der Waals surface area contributed by atoms with Gasteiger partial charge in [0.05, 0.1) is 22.9 Å². The lowest BCUT2D eigenvalue weighted by Gasteiger charge is -2.14. The lowest BCUT2D eigenvalue weighted by molar-refractivity contribution is 0.199. The van der Waals surface area contributed by atoms with Crippen LogP contribution in [0.25, 0.3) is 28.4 Å². The smallest absolute Gasteiger partial charge is 0.196 e. The van der Waals surface area contributed by atoms with Crippen LogP contribution in [0.5, 0.6) is 0 Å². The highest BCUT2D eigenvalue weighted by Gasteiger charge is 2.18. The Morgan fingerprint density at radius 3 is 2.74 bits per heavy atom. The van der Waals surface area contributed by atoms with Crippen molar-refractivity contribution in [3.8, 4) is 11.3 Å². The van der Waals surface area contributed by atoms with Crippen LogP contribution in [0.3, 0.4) is 0 Å². The highest BCUT2D eigenvalue weighted by atomic mass is 16.3. The van der Waals surface area contributed by atoms with Crippen LogP contribution in [0, 0.1) is 13.8 Å². The molecule has 1 aromatic heterocycles. The van der Waals surface area contributed by atoms with Gasteiger partial charge >= 0.3 is 0 Å². The van der Waals surface area contributed by atoms with Crippen LogP contribution in [-0.2, 0) is 0 Å². The Morgan fingerprint density at radius 2 is 2.00 bits per heavy atom. The maximum atomic E-state index is 13.0. The Labute approximate surface area is 157 Å². The van der Waals surface area contributed by atoms with Gasteiger partial charge in [-0.05, 0) is 75.2 Å². The van der Waals surface area contributed by atoms with Gasteiger partial charge in [-0.2, -0.15) is 0 Å². The van der Waals surface area contributed by atoms with E-state index in [-0.39, 0.29) is 5.43 Å². The Bertz CT molecular complexity index is 1240. The summed E-state index contributed by atoms with van der Waals surface area (Å²) < 4.78 is 6.21. The topological polar surface area (TPSA) is 62.8 Å². The molecule has 138 valence electrons. The fraction of sp³-hybridized carbons (Fsp3) is 0.304. The van der Waals surface area contributed by atoms with E-state index in [4.69, 9.17) is 4.42 Å². The minimum Gasteiger partial charge on any atom is -0.455 e. The van der Waals surface area contributed by atoms with E-state index in [1.54, 1.807) is 13.8 Å². The van der Waals surface area contributed by atoms with Crippen molar-refractivity contribution in [2.75, 3.05) is 0 Å². The molecular formula is C23H23NO3. The monoisotopic (exact) mass is 361 g/mol. The van der Waals surface area contributed by atoms with Gasteiger partial charge in [0.15, 0.2) is 5.43 Å². The predicted molar refractivity (Wildman–Crippen MR) is 107 cm³/mol. The van der Waals surface area contributed by atoms with Crippen LogP contribution in [0.4, 0.5) is 0 Å². The van der Waals surface area contributed by atoms with Gasteiger partial charge in [-0.15, -0.1) is 0 Å². The second-order valence-electron chi connectivity index (χ2n) is 7.48. The molecule has 4 rings (SSSR count). The third kappa shape index (κ3) is 3.00. The first-order valence-corrected chi connectivity index (χ1v) is 9.29. The molecule has 4 heteroatoms. The Morgan fingerprint density at radius 1 is 1.22 bits per heavy atom. The summed E-state index contributed by atoms with van der Waals surface area (Å²) in [6.07, 6.45) is 2.36. The van der Waals surface area contributed by atoms with Crippen molar-refractivity contribution in [3.05, 3.63) is 67.8 Å². The summed E-state index contributed by atoms with van der Waals surface area (Å²) in [5.74, 6) is 0.549. The van der Waals surface area contributed by atoms with Crippen molar-refractivity contribution in [3.63, 3.8) is 0 Å². The number of aliphatic hydroxyl groups is 1. The number of hydrogen-bond donors (Lipinski definition) is 1. The average molecular weight is 361 g/mol. The van der Waals surface area contributed by atoms with Crippen LogP contribution in [0.2, 0.25) is 0 Å². The molecule has 1 unspecified atom stereocenters. The largest absolute Gasteiger partial charge is 0.455 e. The van der Waals surface area contributed by atoms with Crippen molar-refractivity contribution in [1.29, 1.82) is 0 Å². The fourth-order valence-corrected chi connectivity index (χ4v) is 3.72. The van der Waals surface area contributed by atoms with E-state index in [1.807, 2.05) is 37.3 Å². The second-order valence-corrected chi connectivity index (χ2v) is 7.48. The normalized spacial score (nSPS) is 17.1. The molecule has 0 saturated carbocycles. The molecule has 0 spiro atoms. The van der Waals surface area contributed by atoms with Gasteiger partial charge in [0.25, 0.3) is 0 Å². The fourth-order valence-electron chi connectivity index (χ4n) is 3.72. The molecule has 1 aliphatic heterocycles. The van der Waals surface area contributed by atoms with Gasteiger partial charge in [0, 0.05) is 16.7 Å². The number of nitrogens with zero attached hydrogens (tertiary/aromatic N) is 1. The molecule has 4 nitrogen and oxygen atoms in total. The maximum absolute atomic E-state index is 13.0. The van der Waals surface area contributed by atoms with Crippen molar-refractivity contribution in [2.24, 2.45) is 4.99 Å². The van der Waals surface area contributed by atoms with Gasteiger partial charge in [-0.1, -0.05) is 6.08 Å². The van der Waals surface area contributed by atoms with E-state index in [2.05, 4.69) is 18.0 Å². The van der Waals surface area contributed by atoms with Crippen LogP contribution < -0.4 is 16.0 Å². The van der Waals surface area contributed by atoms with Crippen LogP contribution in [0.1, 0.15) is 43.1 Å². The van der Waals surface area contributed by atoms with Gasteiger partial charge < -0.3 is 9.52 Å². The first-order valence-electron chi connectivity index (χ1n) is 9.29. The Kier molecular flexibility index (Phi) is 4.23. The molecule has 0 aliphatic carbocycles. The Hall–Kier alpha value is -2.72. The van der Waals surface area contributed by atoms with Gasteiger partial charge in [0.1, 0.15) is 11.3 Å². The lowest BCUT2D eigenvalue weighted by Crippen LogP contribution is -2.30. The molecule has 27 heavy (non-hydrogen) atoms. The predicted octanol–water partition coefficient (Wildman–Crippen LogP) is 3.32. The molecule has 0 radical (unpaired) electrons. The summed E-state index contributed by atoms with van der Waals surface area (Å²) in [5, 5.41) is 12.7. The summed E-state index contributed by atoms with van der Waals surface area (Å²) in [6.45, 7) is 7.49. The molecular weight excluding hydrogens is 338 g/mol. The quantitative estimate of drug-likeness (QED) is 0.762. The average Bonchev–Trinajstić information content (AvgIpc) is 2.64. The highest BCUT2D eigenvalue weighted by molar-refractivity contribution is 5.84. The number of aryl methyl sites for hydroxylation is 1. The first-order chi connectivity index (χ1) is 12.8. The van der Waals surface area contributed by atoms with E-state index in [9.17, 15) is 9.90 Å². The summed E-state index contributed by atoms with van der Waals surface area (Å²) >= 11 is 0. The van der Waals surface area contributed by atoms with Crippen LogP contribution in [-0.4, -0.2) is 11.1 Å². The van der Waals surface area contributed by atoms with Crippen molar-refractivity contribution in [2.45, 2.75) is 46.3 Å². The molecule has 2 heterocycles. The van der Waals surface area contributed by atoms with Crippen LogP contribution in [0.15, 0.2) is 44.5 Å². The van der Waals surface area contributed by atoms with E-state index in [0.717, 1.165) is 28.1 Å².